The van der Waals surface area contributed by atoms with Crippen LogP contribution in [0.5, 0.6) is 0 Å². The minimum atomic E-state index is -0.544. The quantitative estimate of drug-likeness (QED) is 0.328. The van der Waals surface area contributed by atoms with E-state index in [1.165, 1.54) is 17.8 Å². The fourth-order valence-electron chi connectivity index (χ4n) is 2.60. The van der Waals surface area contributed by atoms with Gasteiger partial charge >= 0.3 is 0 Å². The van der Waals surface area contributed by atoms with Gasteiger partial charge in [-0.15, -0.1) is 0 Å². The molecule has 4 rings (SSSR count). The number of nitrogens with one attached hydrogen (secondary N) is 2. The van der Waals surface area contributed by atoms with Gasteiger partial charge in [0.25, 0.3) is 5.91 Å². The summed E-state index contributed by atoms with van der Waals surface area (Å²) in [5.74, 6) is -0.154. The van der Waals surface area contributed by atoms with Gasteiger partial charge in [-0.25, -0.2) is 4.98 Å². The summed E-state index contributed by atoms with van der Waals surface area (Å²) < 4.78 is 5.71. The maximum absolute atomic E-state index is 12.3. The first-order valence-corrected chi connectivity index (χ1v) is 9.71. The van der Waals surface area contributed by atoms with Crippen LogP contribution in [0.2, 0.25) is 5.02 Å². The summed E-state index contributed by atoms with van der Waals surface area (Å²) in [7, 11) is 0. The van der Waals surface area contributed by atoms with Gasteiger partial charge in [0, 0.05) is 16.8 Å². The summed E-state index contributed by atoms with van der Waals surface area (Å²) in [6.45, 7) is 0. The van der Waals surface area contributed by atoms with Crippen LogP contribution in [0, 0.1) is 11.3 Å². The lowest BCUT2D eigenvalue weighted by molar-refractivity contribution is -0.112. The topological polar surface area (TPSA) is 94.7 Å². The zero-order chi connectivity index (χ0) is 20.2. The number of carbonyl (C=O) groups excluding carboxylic acids is 1. The number of para-hydroxylation sites is 2. The number of H-pyrrole nitrogens is 1. The van der Waals surface area contributed by atoms with E-state index < -0.39 is 5.91 Å². The minimum absolute atomic E-state index is 0.0837. The molecule has 0 bridgehead atoms. The molecule has 0 radical (unpaired) electrons. The molecule has 2 aromatic carbocycles. The number of furan rings is 1. The number of fused-ring (bicyclic) bond motifs is 1. The standard InChI is InChI=1S/C21H13ClN4O2S/c22-14-4-3-5-15(11-14)24-20(27)13(12-23)10-16-8-9-19(28-16)29-21-25-17-6-1-2-7-18(17)26-21/h1-11H,(H,24,27)(H,25,26)/b13-10-. The van der Waals surface area contributed by atoms with Crippen LogP contribution in [0.3, 0.4) is 0 Å². The molecule has 4 aromatic rings. The number of nitrogens with zero attached hydrogens (tertiary/aromatic N) is 2. The number of amides is 1. The fraction of sp³-hybridized carbons (Fsp3) is 0. The smallest absolute Gasteiger partial charge is 0.266 e. The van der Waals surface area contributed by atoms with Gasteiger partial charge in [-0.3, -0.25) is 4.79 Å². The van der Waals surface area contributed by atoms with Crippen molar-refractivity contribution in [2.75, 3.05) is 5.32 Å². The molecule has 8 heteroatoms. The Labute approximate surface area is 175 Å². The number of rotatable bonds is 5. The Kier molecular flexibility index (Phi) is 5.38. The van der Waals surface area contributed by atoms with Gasteiger partial charge in [0.1, 0.15) is 17.4 Å². The number of nitriles is 1. The summed E-state index contributed by atoms with van der Waals surface area (Å²) in [6, 6.07) is 19.8. The van der Waals surface area contributed by atoms with Crippen molar-refractivity contribution in [3.63, 3.8) is 0 Å². The molecule has 6 nitrogen and oxygen atoms in total. The molecule has 0 aliphatic carbocycles. The highest BCUT2D eigenvalue weighted by Crippen LogP contribution is 2.29. The van der Waals surface area contributed by atoms with Crippen molar-refractivity contribution in [3.05, 3.63) is 77.0 Å². The van der Waals surface area contributed by atoms with Gasteiger partial charge in [-0.2, -0.15) is 5.26 Å². The fourth-order valence-corrected chi connectivity index (χ4v) is 3.56. The van der Waals surface area contributed by atoms with Crippen molar-refractivity contribution in [1.29, 1.82) is 5.26 Å². The van der Waals surface area contributed by atoms with E-state index in [2.05, 4.69) is 15.3 Å². The van der Waals surface area contributed by atoms with Crippen LogP contribution in [0.1, 0.15) is 5.76 Å². The van der Waals surface area contributed by atoms with Crippen molar-refractivity contribution in [2.45, 2.75) is 10.2 Å². The highest BCUT2D eigenvalue weighted by molar-refractivity contribution is 7.99. The molecule has 0 fully saturated rings. The third-order valence-corrected chi connectivity index (χ3v) is 4.94. The number of carbonyl (C=O) groups is 1. The summed E-state index contributed by atoms with van der Waals surface area (Å²) in [4.78, 5) is 20.0. The normalized spacial score (nSPS) is 11.4. The highest BCUT2D eigenvalue weighted by atomic mass is 35.5. The number of hydrogen-bond donors (Lipinski definition) is 2. The Hall–Kier alpha value is -3.47. The number of aromatic nitrogens is 2. The van der Waals surface area contributed by atoms with E-state index in [0.717, 1.165) is 11.0 Å². The number of hydrogen-bond acceptors (Lipinski definition) is 5. The molecule has 0 saturated carbocycles. The van der Waals surface area contributed by atoms with Crippen LogP contribution < -0.4 is 5.32 Å². The molecule has 0 aliphatic heterocycles. The molecule has 0 aliphatic rings. The third-order valence-electron chi connectivity index (χ3n) is 3.90. The average Bonchev–Trinajstić information content (AvgIpc) is 3.32. The molecule has 2 heterocycles. The first kappa shape index (κ1) is 18.9. The molecule has 0 unspecified atom stereocenters. The number of anilines is 1. The lowest BCUT2D eigenvalue weighted by Crippen LogP contribution is -2.13. The zero-order valence-electron chi connectivity index (χ0n) is 14.8. The average molecular weight is 421 g/mol. The van der Waals surface area contributed by atoms with Gasteiger partial charge in [-0.05, 0) is 54.2 Å². The van der Waals surface area contributed by atoms with Crippen LogP contribution >= 0.6 is 23.4 Å². The second kappa shape index (κ2) is 8.27. The summed E-state index contributed by atoms with van der Waals surface area (Å²) in [5.41, 5.74) is 2.22. The minimum Gasteiger partial charge on any atom is -0.450 e. The Morgan fingerprint density at radius 1 is 1.21 bits per heavy atom. The maximum atomic E-state index is 12.3. The van der Waals surface area contributed by atoms with E-state index in [9.17, 15) is 10.1 Å². The van der Waals surface area contributed by atoms with Crippen LogP contribution in [0.15, 0.2) is 80.9 Å². The Morgan fingerprint density at radius 3 is 2.86 bits per heavy atom. The number of aromatic amines is 1. The summed E-state index contributed by atoms with van der Waals surface area (Å²) in [6.07, 6.45) is 1.39. The van der Waals surface area contributed by atoms with E-state index in [4.69, 9.17) is 16.0 Å². The number of halogens is 1. The third kappa shape index (κ3) is 4.51. The molecule has 2 aromatic heterocycles. The second-order valence-corrected chi connectivity index (χ2v) is 7.38. The lowest BCUT2D eigenvalue weighted by atomic mass is 10.2. The highest BCUT2D eigenvalue weighted by Gasteiger charge is 2.12. The SMILES string of the molecule is N#C/C(=C/c1ccc(Sc2nc3ccccc3[nH]2)o1)C(=O)Nc1cccc(Cl)c1. The van der Waals surface area contributed by atoms with E-state index >= 15 is 0 Å². The molecule has 29 heavy (non-hydrogen) atoms. The van der Waals surface area contributed by atoms with Crippen LogP contribution in [0.25, 0.3) is 17.1 Å². The van der Waals surface area contributed by atoms with Crippen molar-refractivity contribution in [2.24, 2.45) is 0 Å². The van der Waals surface area contributed by atoms with Gasteiger partial charge < -0.3 is 14.7 Å². The summed E-state index contributed by atoms with van der Waals surface area (Å²) >= 11 is 7.23. The Balaban J connectivity index is 1.49. The zero-order valence-corrected chi connectivity index (χ0v) is 16.4. The number of imidazole rings is 1. The molecule has 2 N–H and O–H groups in total. The van der Waals surface area contributed by atoms with Gasteiger partial charge in [0.2, 0.25) is 0 Å². The van der Waals surface area contributed by atoms with Crippen LogP contribution in [-0.2, 0) is 4.79 Å². The molecular formula is C21H13ClN4O2S. The van der Waals surface area contributed by atoms with E-state index in [-0.39, 0.29) is 5.57 Å². The van der Waals surface area contributed by atoms with Crippen LogP contribution in [-0.4, -0.2) is 15.9 Å². The van der Waals surface area contributed by atoms with Crippen LogP contribution in [0.4, 0.5) is 5.69 Å². The Morgan fingerprint density at radius 2 is 2.07 bits per heavy atom. The maximum Gasteiger partial charge on any atom is 0.266 e. The summed E-state index contributed by atoms with van der Waals surface area (Å²) in [5, 5.41) is 13.8. The molecule has 0 atom stereocenters. The van der Waals surface area contributed by atoms with E-state index in [1.807, 2.05) is 30.3 Å². The Bertz CT molecular complexity index is 1240. The monoisotopic (exact) mass is 420 g/mol. The van der Waals surface area contributed by atoms with Crippen molar-refractivity contribution >= 4 is 52.1 Å². The molecule has 142 valence electrons. The number of benzene rings is 2. The molecular weight excluding hydrogens is 408 g/mol. The van der Waals surface area contributed by atoms with Gasteiger partial charge in [0.15, 0.2) is 10.2 Å². The van der Waals surface area contributed by atoms with Crippen molar-refractivity contribution < 1.29 is 9.21 Å². The van der Waals surface area contributed by atoms with Gasteiger partial charge in [0.05, 0.1) is 11.0 Å². The van der Waals surface area contributed by atoms with Gasteiger partial charge in [-0.1, -0.05) is 29.8 Å². The van der Waals surface area contributed by atoms with E-state index in [1.54, 1.807) is 36.4 Å². The first-order valence-electron chi connectivity index (χ1n) is 8.52. The van der Waals surface area contributed by atoms with E-state index in [0.29, 0.717) is 26.7 Å². The lowest BCUT2D eigenvalue weighted by Gasteiger charge is -2.04. The predicted octanol–water partition coefficient (Wildman–Crippen LogP) is 5.51. The molecule has 0 spiro atoms. The van der Waals surface area contributed by atoms with Crippen molar-refractivity contribution in [3.8, 4) is 6.07 Å². The molecule has 0 saturated heterocycles. The van der Waals surface area contributed by atoms with Crippen molar-refractivity contribution in [1.82, 2.24) is 9.97 Å². The predicted molar refractivity (Wildman–Crippen MR) is 113 cm³/mol. The second-order valence-electron chi connectivity index (χ2n) is 5.95. The molecule has 1 amide bonds. The first-order chi connectivity index (χ1) is 14.1. The largest absolute Gasteiger partial charge is 0.450 e.